The third-order valence-corrected chi connectivity index (χ3v) is 5.47. The lowest BCUT2D eigenvalue weighted by atomic mass is 10.2. The molecule has 0 radical (unpaired) electrons. The van der Waals surface area contributed by atoms with Crippen molar-refractivity contribution < 1.29 is 8.42 Å². The van der Waals surface area contributed by atoms with Gasteiger partial charge in [0, 0.05) is 11.2 Å². The number of benzene rings is 2. The molecule has 4 rings (SSSR count). The maximum absolute atomic E-state index is 11.8. The smallest absolute Gasteiger partial charge is 0.238 e. The lowest BCUT2D eigenvalue weighted by Crippen LogP contribution is -2.14. The van der Waals surface area contributed by atoms with E-state index >= 15 is 0 Å². The summed E-state index contributed by atoms with van der Waals surface area (Å²) in [5.41, 5.74) is 3.64. The van der Waals surface area contributed by atoms with Crippen molar-refractivity contribution >= 4 is 27.3 Å². The van der Waals surface area contributed by atoms with Crippen molar-refractivity contribution in [3.63, 3.8) is 0 Å². The molecule has 0 aliphatic rings. The highest BCUT2D eigenvalue weighted by molar-refractivity contribution is 7.89. The normalized spacial score (nSPS) is 11.6. The molecule has 0 amide bonds. The van der Waals surface area contributed by atoms with E-state index in [-0.39, 0.29) is 4.90 Å². The number of halogens is 1. The fraction of sp³-hybridized carbons (Fsp3) is 0.105. The topological polar surface area (TPSA) is 121 Å². The molecule has 30 heavy (non-hydrogen) atoms. The summed E-state index contributed by atoms with van der Waals surface area (Å²) < 4.78 is 25.2. The van der Waals surface area contributed by atoms with E-state index in [9.17, 15) is 8.42 Å². The molecular formula is C19H18ClN7O2S. The summed E-state index contributed by atoms with van der Waals surface area (Å²) in [5, 5.41) is 22.1. The van der Waals surface area contributed by atoms with Gasteiger partial charge in [0.15, 0.2) is 0 Å². The Morgan fingerprint density at radius 2 is 1.87 bits per heavy atom. The Labute approximate surface area is 178 Å². The first kappa shape index (κ1) is 20.1. The first-order valence-corrected chi connectivity index (χ1v) is 10.8. The van der Waals surface area contributed by atoms with Crippen molar-refractivity contribution in [2.45, 2.75) is 18.4 Å². The van der Waals surface area contributed by atoms with Crippen LogP contribution in [0.5, 0.6) is 0 Å². The van der Waals surface area contributed by atoms with E-state index in [2.05, 4.69) is 20.6 Å². The molecule has 0 saturated heterocycles. The molecule has 2 aromatic carbocycles. The fourth-order valence-corrected chi connectivity index (χ4v) is 3.50. The molecule has 9 nitrogen and oxygen atoms in total. The SMILES string of the molecule is Cc1cnn(-c2ccc(S(N)(=O)=O)cc2NCc2cnn(-c3ccc(Cl)cc3)n2)c1. The summed E-state index contributed by atoms with van der Waals surface area (Å²) in [5.74, 6) is 0. The average molecular weight is 444 g/mol. The van der Waals surface area contributed by atoms with Gasteiger partial charge >= 0.3 is 0 Å². The van der Waals surface area contributed by atoms with Crippen LogP contribution in [0.4, 0.5) is 5.69 Å². The van der Waals surface area contributed by atoms with Gasteiger partial charge in [-0.3, -0.25) is 0 Å². The lowest BCUT2D eigenvalue weighted by molar-refractivity contribution is 0.598. The highest BCUT2D eigenvalue weighted by Gasteiger charge is 2.14. The Kier molecular flexibility index (Phi) is 5.29. The van der Waals surface area contributed by atoms with Crippen LogP contribution in [0.25, 0.3) is 11.4 Å². The average Bonchev–Trinajstić information content (AvgIpc) is 3.35. The highest BCUT2D eigenvalue weighted by atomic mass is 35.5. The molecule has 2 heterocycles. The van der Waals surface area contributed by atoms with Gasteiger partial charge in [-0.2, -0.15) is 20.1 Å². The Bertz CT molecular complexity index is 1300. The second-order valence-electron chi connectivity index (χ2n) is 6.64. The number of hydrogen-bond donors (Lipinski definition) is 2. The Morgan fingerprint density at radius 3 is 2.53 bits per heavy atom. The molecule has 2 aromatic heterocycles. The van der Waals surface area contributed by atoms with Crippen LogP contribution in [0.1, 0.15) is 11.3 Å². The second kappa shape index (κ2) is 7.90. The molecule has 0 bridgehead atoms. The van der Waals surface area contributed by atoms with Gasteiger partial charge in [0.1, 0.15) is 5.69 Å². The van der Waals surface area contributed by atoms with Gasteiger partial charge in [-0.1, -0.05) is 11.6 Å². The lowest BCUT2D eigenvalue weighted by Gasteiger charge is -2.13. The minimum atomic E-state index is -3.85. The van der Waals surface area contributed by atoms with Crippen LogP contribution in [0.3, 0.4) is 0 Å². The summed E-state index contributed by atoms with van der Waals surface area (Å²) in [6.07, 6.45) is 5.19. The van der Waals surface area contributed by atoms with E-state index in [0.29, 0.717) is 28.6 Å². The van der Waals surface area contributed by atoms with Gasteiger partial charge in [0.2, 0.25) is 10.0 Å². The zero-order valence-corrected chi connectivity index (χ0v) is 17.5. The quantitative estimate of drug-likeness (QED) is 0.472. The standard InChI is InChI=1S/C19H18ClN7O2S/c1-13-9-23-26(12-13)19-7-6-17(30(21,28)29)8-18(19)22-10-15-11-24-27(25-15)16-4-2-14(20)3-5-16/h2-9,11-12,22H,10H2,1H3,(H2,21,28,29). The monoisotopic (exact) mass is 443 g/mol. The fourth-order valence-electron chi connectivity index (χ4n) is 2.84. The predicted molar refractivity (Wildman–Crippen MR) is 113 cm³/mol. The van der Waals surface area contributed by atoms with E-state index in [0.717, 1.165) is 11.3 Å². The number of rotatable bonds is 6. The molecule has 4 aromatic rings. The van der Waals surface area contributed by atoms with E-state index in [1.807, 2.05) is 25.3 Å². The molecule has 3 N–H and O–H groups in total. The summed E-state index contributed by atoms with van der Waals surface area (Å²) in [6.45, 7) is 2.24. The second-order valence-corrected chi connectivity index (χ2v) is 8.64. The van der Waals surface area contributed by atoms with Crippen LogP contribution in [-0.4, -0.2) is 33.2 Å². The molecule has 0 spiro atoms. The highest BCUT2D eigenvalue weighted by Crippen LogP contribution is 2.24. The summed E-state index contributed by atoms with van der Waals surface area (Å²) in [4.78, 5) is 1.49. The number of hydrogen-bond acceptors (Lipinski definition) is 6. The zero-order chi connectivity index (χ0) is 21.3. The Balaban J connectivity index is 1.61. The minimum Gasteiger partial charge on any atom is -0.377 e. The van der Waals surface area contributed by atoms with Gasteiger partial charge in [0.25, 0.3) is 0 Å². The number of aryl methyl sites for hydroxylation is 1. The van der Waals surface area contributed by atoms with Gasteiger partial charge in [-0.25, -0.2) is 18.2 Å². The molecule has 0 atom stereocenters. The number of nitrogens with two attached hydrogens (primary N) is 1. The van der Waals surface area contributed by atoms with Crippen LogP contribution in [-0.2, 0) is 16.6 Å². The summed E-state index contributed by atoms with van der Waals surface area (Å²) in [7, 11) is -3.85. The van der Waals surface area contributed by atoms with Gasteiger partial charge < -0.3 is 5.32 Å². The number of anilines is 1. The summed E-state index contributed by atoms with van der Waals surface area (Å²) in [6, 6.07) is 11.7. The third-order valence-electron chi connectivity index (χ3n) is 4.31. The summed E-state index contributed by atoms with van der Waals surface area (Å²) >= 11 is 5.91. The number of primary sulfonamides is 1. The maximum atomic E-state index is 11.8. The molecular weight excluding hydrogens is 426 g/mol. The van der Waals surface area contributed by atoms with E-state index < -0.39 is 10.0 Å². The molecule has 0 fully saturated rings. The van der Waals surface area contributed by atoms with Crippen molar-refractivity contribution in [3.05, 3.63) is 77.3 Å². The number of nitrogens with one attached hydrogen (secondary N) is 1. The van der Waals surface area contributed by atoms with E-state index in [1.165, 1.54) is 16.9 Å². The van der Waals surface area contributed by atoms with E-state index in [4.69, 9.17) is 16.7 Å². The molecule has 0 unspecified atom stereocenters. The van der Waals surface area contributed by atoms with Gasteiger partial charge in [-0.05, 0) is 55.0 Å². The van der Waals surface area contributed by atoms with Crippen LogP contribution < -0.4 is 10.5 Å². The van der Waals surface area contributed by atoms with Crippen LogP contribution in [0.15, 0.2) is 66.0 Å². The van der Waals surface area contributed by atoms with Crippen molar-refractivity contribution in [1.82, 2.24) is 24.8 Å². The molecule has 0 saturated carbocycles. The number of aromatic nitrogens is 5. The van der Waals surface area contributed by atoms with Crippen molar-refractivity contribution in [2.75, 3.05) is 5.32 Å². The number of nitrogens with zero attached hydrogens (tertiary/aromatic N) is 5. The maximum Gasteiger partial charge on any atom is 0.238 e. The van der Waals surface area contributed by atoms with Crippen molar-refractivity contribution in [2.24, 2.45) is 5.14 Å². The van der Waals surface area contributed by atoms with Crippen molar-refractivity contribution in [1.29, 1.82) is 0 Å². The van der Waals surface area contributed by atoms with Gasteiger partial charge in [-0.15, -0.1) is 0 Å². The minimum absolute atomic E-state index is 0.00227. The van der Waals surface area contributed by atoms with E-state index in [1.54, 1.807) is 35.3 Å². The molecule has 11 heteroatoms. The van der Waals surface area contributed by atoms with Gasteiger partial charge in [0.05, 0.1) is 40.9 Å². The molecule has 0 aliphatic carbocycles. The molecule has 154 valence electrons. The first-order valence-electron chi connectivity index (χ1n) is 8.89. The Hall–Kier alpha value is -3.21. The van der Waals surface area contributed by atoms with Crippen LogP contribution in [0.2, 0.25) is 5.02 Å². The van der Waals surface area contributed by atoms with Crippen LogP contribution in [0, 0.1) is 6.92 Å². The zero-order valence-electron chi connectivity index (χ0n) is 15.9. The van der Waals surface area contributed by atoms with Crippen molar-refractivity contribution in [3.8, 4) is 11.4 Å². The first-order chi connectivity index (χ1) is 14.3. The third kappa shape index (κ3) is 4.35. The molecule has 0 aliphatic heterocycles. The Morgan fingerprint density at radius 1 is 1.10 bits per heavy atom. The largest absolute Gasteiger partial charge is 0.377 e. The predicted octanol–water partition coefficient (Wildman–Crippen LogP) is 2.67. The number of sulfonamides is 1. The van der Waals surface area contributed by atoms with Crippen LogP contribution >= 0.6 is 11.6 Å².